The number of nitrogens with two attached hydrogens (primary N) is 1. The summed E-state index contributed by atoms with van der Waals surface area (Å²) in [6.07, 6.45) is -0.413. The molecule has 0 saturated carbocycles. The molecule has 0 unspecified atom stereocenters. The van der Waals surface area contributed by atoms with Crippen LogP contribution in [0, 0.1) is 0 Å². The second-order valence-electron chi connectivity index (χ2n) is 5.12. The summed E-state index contributed by atoms with van der Waals surface area (Å²) < 4.78 is 10.9. The van der Waals surface area contributed by atoms with Gasteiger partial charge in [-0.05, 0) is 18.1 Å². The Kier molecular flexibility index (Phi) is 6.13. The second-order valence-corrected chi connectivity index (χ2v) is 5.12. The Hall–Kier alpha value is -2.17. The molecule has 0 heterocycles. The van der Waals surface area contributed by atoms with Crippen LogP contribution in [0.1, 0.15) is 18.1 Å². The molecule has 0 amide bonds. The molecule has 0 bridgehead atoms. The summed E-state index contributed by atoms with van der Waals surface area (Å²) in [6, 6.07) is 18.5. The van der Waals surface area contributed by atoms with E-state index in [2.05, 4.69) is 0 Å². The van der Waals surface area contributed by atoms with Gasteiger partial charge in [0, 0.05) is 0 Å². The fraction of sp³-hybridized carbons (Fsp3) is 0.278. The number of hydrogen-bond donors (Lipinski definition) is 1. The molecule has 2 atom stereocenters. The monoisotopic (exact) mass is 299 g/mol. The standard InChI is InChI=1S/C18H21NO3/c1-14(21-12-15-8-4-2-5-9-15)17(19)18(20)22-13-16-10-6-3-7-11-16/h2-11,14,17H,12-13,19H2,1H3/t14-,17+/m1/s1. The molecule has 4 heteroatoms. The van der Waals surface area contributed by atoms with Gasteiger partial charge in [0.2, 0.25) is 0 Å². The predicted molar refractivity (Wildman–Crippen MR) is 84.9 cm³/mol. The third-order valence-corrected chi connectivity index (χ3v) is 3.36. The molecule has 0 aliphatic carbocycles. The molecule has 22 heavy (non-hydrogen) atoms. The predicted octanol–water partition coefficient (Wildman–Crippen LogP) is 2.66. The lowest BCUT2D eigenvalue weighted by Crippen LogP contribution is -2.42. The van der Waals surface area contributed by atoms with E-state index >= 15 is 0 Å². The first-order valence-corrected chi connectivity index (χ1v) is 7.28. The van der Waals surface area contributed by atoms with Gasteiger partial charge in [-0.1, -0.05) is 60.7 Å². The minimum absolute atomic E-state index is 0.221. The molecular weight excluding hydrogens is 278 g/mol. The van der Waals surface area contributed by atoms with E-state index in [0.717, 1.165) is 11.1 Å². The minimum atomic E-state index is -0.799. The number of carbonyl (C=O) groups is 1. The van der Waals surface area contributed by atoms with E-state index in [4.69, 9.17) is 15.2 Å². The molecule has 116 valence electrons. The van der Waals surface area contributed by atoms with E-state index in [1.54, 1.807) is 6.92 Å². The quantitative estimate of drug-likeness (QED) is 0.798. The Labute approximate surface area is 130 Å². The number of rotatable bonds is 7. The van der Waals surface area contributed by atoms with E-state index in [1.807, 2.05) is 60.7 Å². The second kappa shape index (κ2) is 8.32. The average Bonchev–Trinajstić information content (AvgIpc) is 2.58. The highest BCUT2D eigenvalue weighted by Gasteiger charge is 2.23. The molecule has 0 spiro atoms. The van der Waals surface area contributed by atoms with Gasteiger partial charge in [0.15, 0.2) is 0 Å². The Morgan fingerprint density at radius 1 is 0.955 bits per heavy atom. The van der Waals surface area contributed by atoms with Crippen LogP contribution in [0.25, 0.3) is 0 Å². The molecule has 2 rings (SSSR count). The maximum Gasteiger partial charge on any atom is 0.325 e. The number of ether oxygens (including phenoxy) is 2. The summed E-state index contributed by atoms with van der Waals surface area (Å²) in [7, 11) is 0. The number of carbonyl (C=O) groups excluding carboxylic acids is 1. The SMILES string of the molecule is C[C@@H](OCc1ccccc1)[C@H](N)C(=O)OCc1ccccc1. The van der Waals surface area contributed by atoms with Crippen molar-refractivity contribution < 1.29 is 14.3 Å². The topological polar surface area (TPSA) is 61.5 Å². The van der Waals surface area contributed by atoms with Crippen molar-refractivity contribution in [2.75, 3.05) is 0 Å². The van der Waals surface area contributed by atoms with E-state index < -0.39 is 18.1 Å². The van der Waals surface area contributed by atoms with Gasteiger partial charge in [0.05, 0.1) is 12.7 Å². The number of esters is 1. The lowest BCUT2D eigenvalue weighted by Gasteiger charge is -2.19. The van der Waals surface area contributed by atoms with Gasteiger partial charge < -0.3 is 15.2 Å². The minimum Gasteiger partial charge on any atom is -0.460 e. The van der Waals surface area contributed by atoms with Crippen molar-refractivity contribution in [1.29, 1.82) is 0 Å². The third kappa shape index (κ3) is 4.98. The van der Waals surface area contributed by atoms with Gasteiger partial charge in [-0.2, -0.15) is 0 Å². The molecule has 0 aliphatic rings. The van der Waals surface area contributed by atoms with Crippen LogP contribution < -0.4 is 5.73 Å². The van der Waals surface area contributed by atoms with Crippen LogP contribution in [-0.2, 0) is 27.5 Å². The average molecular weight is 299 g/mol. The van der Waals surface area contributed by atoms with E-state index in [9.17, 15) is 4.79 Å². The van der Waals surface area contributed by atoms with Crippen LogP contribution in [0.4, 0.5) is 0 Å². The zero-order chi connectivity index (χ0) is 15.8. The summed E-state index contributed by atoms with van der Waals surface area (Å²) >= 11 is 0. The van der Waals surface area contributed by atoms with Gasteiger partial charge in [0.1, 0.15) is 12.6 Å². The lowest BCUT2D eigenvalue weighted by molar-refractivity contribution is -0.150. The molecule has 0 aliphatic heterocycles. The van der Waals surface area contributed by atoms with E-state index in [-0.39, 0.29) is 6.61 Å². The molecule has 4 nitrogen and oxygen atoms in total. The van der Waals surface area contributed by atoms with Crippen LogP contribution in [0.3, 0.4) is 0 Å². The van der Waals surface area contributed by atoms with Crippen molar-refractivity contribution in [3.05, 3.63) is 71.8 Å². The van der Waals surface area contributed by atoms with Crippen molar-refractivity contribution in [1.82, 2.24) is 0 Å². The summed E-state index contributed by atoms with van der Waals surface area (Å²) in [5.74, 6) is -0.454. The fourth-order valence-electron chi connectivity index (χ4n) is 1.92. The van der Waals surface area contributed by atoms with Crippen LogP contribution in [0.5, 0.6) is 0 Å². The highest BCUT2D eigenvalue weighted by molar-refractivity contribution is 5.76. The van der Waals surface area contributed by atoms with Crippen molar-refractivity contribution in [3.8, 4) is 0 Å². The normalized spacial score (nSPS) is 13.4. The largest absolute Gasteiger partial charge is 0.460 e. The summed E-state index contributed by atoms with van der Waals surface area (Å²) in [5, 5.41) is 0. The summed E-state index contributed by atoms with van der Waals surface area (Å²) in [5.41, 5.74) is 7.86. The molecule has 2 N–H and O–H groups in total. The smallest absolute Gasteiger partial charge is 0.325 e. The molecule has 0 saturated heterocycles. The zero-order valence-corrected chi connectivity index (χ0v) is 12.6. The summed E-state index contributed by atoms with van der Waals surface area (Å²) in [4.78, 5) is 11.9. The lowest BCUT2D eigenvalue weighted by atomic mass is 10.2. The van der Waals surface area contributed by atoms with Crippen LogP contribution in [0.2, 0.25) is 0 Å². The Bertz CT molecular complexity index is 571. The van der Waals surface area contributed by atoms with Crippen LogP contribution in [-0.4, -0.2) is 18.1 Å². The zero-order valence-electron chi connectivity index (χ0n) is 12.6. The highest BCUT2D eigenvalue weighted by atomic mass is 16.5. The number of hydrogen-bond acceptors (Lipinski definition) is 4. The Balaban J connectivity index is 1.77. The van der Waals surface area contributed by atoms with Gasteiger partial charge in [-0.25, -0.2) is 0 Å². The maximum absolute atomic E-state index is 11.9. The Morgan fingerprint density at radius 3 is 2.00 bits per heavy atom. The first kappa shape index (κ1) is 16.2. The van der Waals surface area contributed by atoms with Crippen molar-refractivity contribution in [2.45, 2.75) is 32.3 Å². The van der Waals surface area contributed by atoms with E-state index in [0.29, 0.717) is 6.61 Å². The number of benzene rings is 2. The molecule has 0 aromatic heterocycles. The third-order valence-electron chi connectivity index (χ3n) is 3.36. The molecule has 0 fully saturated rings. The van der Waals surface area contributed by atoms with Crippen molar-refractivity contribution in [2.24, 2.45) is 5.73 Å². The molecule has 2 aromatic rings. The molecular formula is C18H21NO3. The maximum atomic E-state index is 11.9. The highest BCUT2D eigenvalue weighted by Crippen LogP contribution is 2.07. The van der Waals surface area contributed by atoms with Gasteiger partial charge in [-0.15, -0.1) is 0 Å². The van der Waals surface area contributed by atoms with Gasteiger partial charge in [-0.3, -0.25) is 4.79 Å². The first-order valence-electron chi connectivity index (χ1n) is 7.28. The van der Waals surface area contributed by atoms with Crippen molar-refractivity contribution >= 4 is 5.97 Å². The van der Waals surface area contributed by atoms with Gasteiger partial charge >= 0.3 is 5.97 Å². The first-order chi connectivity index (χ1) is 10.7. The molecule has 0 radical (unpaired) electrons. The fourth-order valence-corrected chi connectivity index (χ4v) is 1.92. The van der Waals surface area contributed by atoms with Crippen molar-refractivity contribution in [3.63, 3.8) is 0 Å². The Morgan fingerprint density at radius 2 is 1.45 bits per heavy atom. The van der Waals surface area contributed by atoms with Gasteiger partial charge in [0.25, 0.3) is 0 Å². The summed E-state index contributed by atoms with van der Waals surface area (Å²) in [6.45, 7) is 2.41. The molecule has 2 aromatic carbocycles. The van der Waals surface area contributed by atoms with Crippen LogP contribution in [0.15, 0.2) is 60.7 Å². The van der Waals surface area contributed by atoms with E-state index in [1.165, 1.54) is 0 Å². The van der Waals surface area contributed by atoms with Crippen LogP contribution >= 0.6 is 0 Å².